The molecule has 0 atom stereocenters. The van der Waals surface area contributed by atoms with Gasteiger partial charge in [-0.15, -0.1) is 0 Å². The van der Waals surface area contributed by atoms with E-state index in [1.165, 1.54) is 4.57 Å². The summed E-state index contributed by atoms with van der Waals surface area (Å²) in [6.45, 7) is 8.10. The summed E-state index contributed by atoms with van der Waals surface area (Å²) in [6.07, 6.45) is -5.08. The summed E-state index contributed by atoms with van der Waals surface area (Å²) in [5, 5.41) is 20.2. The number of carbonyl (C=O) groups is 2. The Morgan fingerprint density at radius 1 is 1.22 bits per heavy atom. The van der Waals surface area contributed by atoms with E-state index < -0.39 is 12.1 Å². The number of halogens is 3. The highest BCUT2D eigenvalue weighted by molar-refractivity contribution is 7.71. The molecule has 3 heterocycles. The van der Waals surface area contributed by atoms with Gasteiger partial charge in [0.15, 0.2) is 0 Å². The lowest BCUT2D eigenvalue weighted by Gasteiger charge is -2.36. The van der Waals surface area contributed by atoms with Crippen LogP contribution in [0.25, 0.3) is 10.9 Å². The summed E-state index contributed by atoms with van der Waals surface area (Å²) in [5.41, 5.74) is 4.11. The summed E-state index contributed by atoms with van der Waals surface area (Å²) in [7, 11) is 1.59. The molecule has 0 unspecified atom stereocenters. The van der Waals surface area contributed by atoms with Crippen molar-refractivity contribution >= 4 is 40.7 Å². The number of pyridine rings is 1. The minimum absolute atomic E-state index is 0.197. The molecule has 1 amide bonds. The first-order valence-corrected chi connectivity index (χ1v) is 12.9. The van der Waals surface area contributed by atoms with Crippen molar-refractivity contribution < 1.29 is 27.9 Å². The van der Waals surface area contributed by atoms with Crippen molar-refractivity contribution in [2.75, 3.05) is 38.1 Å². The standard InChI is InChI=1S/C24H27N7O2S.C2HF3O2/c1-4-31-23(34)18-11-16(13-25)17(12-20(18)28-24(31)33)14-29-7-9-30(10-8-29)21-6-5-19(22(32)26-3)27-15(21)2;3-2(4,5)1(6)7/h5-6,11-12H,4,7-10,14H2,1-3H3,(H,26,32)(H,28,33);(H,6,7). The number of piperazine rings is 1. The van der Waals surface area contributed by atoms with E-state index in [1.54, 1.807) is 19.2 Å². The predicted octanol–water partition coefficient (Wildman–Crippen LogP) is 2.97. The lowest BCUT2D eigenvalue weighted by atomic mass is 10.0. The minimum atomic E-state index is -5.08. The Labute approximate surface area is 237 Å². The second kappa shape index (κ2) is 12.9. The molecule has 0 radical (unpaired) electrons. The van der Waals surface area contributed by atoms with Gasteiger partial charge < -0.3 is 20.3 Å². The summed E-state index contributed by atoms with van der Waals surface area (Å²) in [5.74, 6) is -2.95. The molecule has 0 aliphatic carbocycles. The smallest absolute Gasteiger partial charge is 0.475 e. The molecule has 15 heteroatoms. The fraction of sp³-hybridized carbons (Fsp3) is 0.385. The zero-order valence-corrected chi connectivity index (χ0v) is 23.3. The number of benzene rings is 1. The topological polar surface area (TPSA) is 147 Å². The van der Waals surface area contributed by atoms with Crippen LogP contribution in [-0.4, -0.2) is 75.8 Å². The summed E-state index contributed by atoms with van der Waals surface area (Å²) >= 11 is 5.48. The number of carboxylic acids is 1. The quantitative estimate of drug-likeness (QED) is 0.381. The van der Waals surface area contributed by atoms with Crippen molar-refractivity contribution in [2.24, 2.45) is 0 Å². The molecule has 3 aromatic rings. The van der Waals surface area contributed by atoms with E-state index in [1.807, 2.05) is 26.0 Å². The van der Waals surface area contributed by atoms with E-state index in [0.29, 0.717) is 39.9 Å². The van der Waals surface area contributed by atoms with E-state index >= 15 is 0 Å². The van der Waals surface area contributed by atoms with Crippen LogP contribution in [0.15, 0.2) is 29.1 Å². The number of hydrogen-bond acceptors (Lipinski definition) is 8. The first-order chi connectivity index (χ1) is 19.3. The monoisotopic (exact) mass is 591 g/mol. The Morgan fingerprint density at radius 3 is 2.37 bits per heavy atom. The molecule has 4 rings (SSSR count). The largest absolute Gasteiger partial charge is 0.490 e. The van der Waals surface area contributed by atoms with E-state index in [-0.39, 0.29) is 11.6 Å². The molecule has 3 N–H and O–H groups in total. The number of alkyl halides is 3. The number of anilines is 1. The molecular weight excluding hydrogens is 563 g/mol. The third-order valence-electron chi connectivity index (χ3n) is 6.51. The van der Waals surface area contributed by atoms with Crippen molar-refractivity contribution in [1.82, 2.24) is 24.8 Å². The molecule has 1 fully saturated rings. The second-order valence-corrected chi connectivity index (χ2v) is 9.48. The number of fused-ring (bicyclic) bond motifs is 1. The molecular formula is C26H28F3N7O4S. The maximum Gasteiger partial charge on any atom is 0.490 e. The van der Waals surface area contributed by atoms with E-state index in [0.717, 1.165) is 43.1 Å². The number of aliphatic carboxylic acids is 1. The number of rotatable bonds is 5. The van der Waals surface area contributed by atoms with Crippen LogP contribution in [0.3, 0.4) is 0 Å². The molecule has 11 nitrogen and oxygen atoms in total. The Hall–Kier alpha value is -4.29. The first kappa shape index (κ1) is 31.2. The van der Waals surface area contributed by atoms with Crippen LogP contribution in [0.1, 0.15) is 34.2 Å². The molecule has 0 spiro atoms. The Balaban J connectivity index is 0.000000587. The van der Waals surface area contributed by atoms with Crippen molar-refractivity contribution in [3.8, 4) is 6.07 Å². The van der Waals surface area contributed by atoms with Gasteiger partial charge in [0.25, 0.3) is 5.91 Å². The number of aryl methyl sites for hydroxylation is 1. The highest BCUT2D eigenvalue weighted by Gasteiger charge is 2.38. The highest BCUT2D eigenvalue weighted by atomic mass is 32.1. The number of amides is 1. The van der Waals surface area contributed by atoms with Crippen LogP contribution >= 0.6 is 12.2 Å². The maximum atomic E-state index is 12.3. The third-order valence-corrected chi connectivity index (χ3v) is 6.95. The number of carboxylic acid groups (broad SMARTS) is 1. The number of nitrogens with one attached hydrogen (secondary N) is 2. The van der Waals surface area contributed by atoms with Gasteiger partial charge in [-0.25, -0.2) is 14.6 Å². The summed E-state index contributed by atoms with van der Waals surface area (Å²) < 4.78 is 33.7. The van der Waals surface area contributed by atoms with Crippen LogP contribution in [-0.2, 0) is 17.9 Å². The van der Waals surface area contributed by atoms with Crippen LogP contribution in [0.4, 0.5) is 18.9 Å². The molecule has 0 saturated carbocycles. The second-order valence-electron chi connectivity index (χ2n) is 9.09. The summed E-state index contributed by atoms with van der Waals surface area (Å²) in [6, 6.07) is 9.65. The number of H-pyrrole nitrogens is 1. The number of nitriles is 1. The van der Waals surface area contributed by atoms with E-state index in [2.05, 4.69) is 31.2 Å². The molecule has 1 saturated heterocycles. The number of nitrogens with zero attached hydrogens (tertiary/aromatic N) is 5. The number of carbonyl (C=O) groups excluding carboxylic acids is 1. The SMILES string of the molecule is CCn1c(=O)[nH]c2cc(CN3CCN(c4ccc(C(=O)NC)nc4C)CC3)c(C#N)cc2c1=S.O=C(O)C(F)(F)F. The fourth-order valence-electron chi connectivity index (χ4n) is 4.40. The average molecular weight is 592 g/mol. The maximum absolute atomic E-state index is 12.3. The molecule has 218 valence electrons. The van der Waals surface area contributed by atoms with Gasteiger partial charge >= 0.3 is 17.8 Å². The zero-order chi connectivity index (χ0) is 30.5. The van der Waals surface area contributed by atoms with E-state index in [4.69, 9.17) is 22.1 Å². The van der Waals surface area contributed by atoms with Crippen LogP contribution < -0.4 is 15.9 Å². The molecule has 0 bridgehead atoms. The Kier molecular flexibility index (Phi) is 9.84. The molecule has 1 aromatic carbocycles. The predicted molar refractivity (Wildman–Crippen MR) is 147 cm³/mol. The van der Waals surface area contributed by atoms with Crippen molar-refractivity contribution in [3.05, 3.63) is 61.9 Å². The summed E-state index contributed by atoms with van der Waals surface area (Å²) in [4.78, 5) is 45.0. The van der Waals surface area contributed by atoms with Crippen molar-refractivity contribution in [3.63, 3.8) is 0 Å². The van der Waals surface area contributed by atoms with Crippen molar-refractivity contribution in [1.29, 1.82) is 5.26 Å². The van der Waals surface area contributed by atoms with Gasteiger partial charge in [-0.3, -0.25) is 14.3 Å². The zero-order valence-electron chi connectivity index (χ0n) is 22.5. The molecule has 41 heavy (non-hydrogen) atoms. The number of hydrogen-bond donors (Lipinski definition) is 3. The van der Waals surface area contributed by atoms with Gasteiger partial charge in [0.05, 0.1) is 28.5 Å². The minimum Gasteiger partial charge on any atom is -0.475 e. The molecule has 2 aromatic heterocycles. The Morgan fingerprint density at radius 2 is 1.85 bits per heavy atom. The first-order valence-electron chi connectivity index (χ1n) is 12.5. The average Bonchev–Trinajstić information content (AvgIpc) is 2.93. The normalized spacial score (nSPS) is 13.7. The lowest BCUT2D eigenvalue weighted by molar-refractivity contribution is -0.192. The third kappa shape index (κ3) is 7.27. The number of aromatic nitrogens is 3. The van der Waals surface area contributed by atoms with Crippen LogP contribution in [0.5, 0.6) is 0 Å². The van der Waals surface area contributed by atoms with Gasteiger partial charge in [-0.05, 0) is 43.7 Å². The highest BCUT2D eigenvalue weighted by Crippen LogP contribution is 2.23. The Bertz CT molecular complexity index is 1620. The van der Waals surface area contributed by atoms with E-state index in [9.17, 15) is 28.0 Å². The molecule has 1 aliphatic heterocycles. The van der Waals surface area contributed by atoms with Gasteiger partial charge in [0, 0.05) is 51.7 Å². The van der Waals surface area contributed by atoms with Gasteiger partial charge in [-0.2, -0.15) is 18.4 Å². The van der Waals surface area contributed by atoms with Gasteiger partial charge in [-0.1, -0.05) is 12.2 Å². The number of aromatic amines is 1. The van der Waals surface area contributed by atoms with Gasteiger partial charge in [0.2, 0.25) is 0 Å². The van der Waals surface area contributed by atoms with Gasteiger partial charge in [0.1, 0.15) is 10.3 Å². The van der Waals surface area contributed by atoms with Crippen molar-refractivity contribution in [2.45, 2.75) is 33.1 Å². The molecule has 1 aliphatic rings. The fourth-order valence-corrected chi connectivity index (χ4v) is 4.78. The van der Waals surface area contributed by atoms with Crippen LogP contribution in [0, 0.1) is 22.9 Å². The lowest BCUT2D eigenvalue weighted by Crippen LogP contribution is -2.46. The van der Waals surface area contributed by atoms with Crippen LogP contribution in [0.2, 0.25) is 0 Å².